The number of carbonyl (C=O) groups is 1. The van der Waals surface area contributed by atoms with Crippen molar-refractivity contribution in [1.82, 2.24) is 9.13 Å². The van der Waals surface area contributed by atoms with Gasteiger partial charge in [-0.3, -0.25) is 14.2 Å². The molecule has 2 aromatic rings. The lowest BCUT2D eigenvalue weighted by Crippen LogP contribution is -2.43. The largest absolute Gasteiger partial charge is 0.468 e. The van der Waals surface area contributed by atoms with Crippen LogP contribution in [0.4, 0.5) is 0 Å². The van der Waals surface area contributed by atoms with E-state index in [2.05, 4.69) is 4.74 Å². The SMILES string of the molecule is COC(=O)[C@@H](N)Cc1ccc(-n2c(=O)c3c(n(C)c2=O)CCOC3)cc1. The summed E-state index contributed by atoms with van der Waals surface area (Å²) in [5, 5.41) is 0. The monoisotopic (exact) mass is 359 g/mol. The molecule has 1 aromatic heterocycles. The fourth-order valence-electron chi connectivity index (χ4n) is 3.12. The number of fused-ring (bicyclic) bond motifs is 1. The number of aromatic nitrogens is 2. The van der Waals surface area contributed by atoms with E-state index in [1.54, 1.807) is 31.3 Å². The molecule has 1 aliphatic rings. The molecule has 0 saturated heterocycles. The zero-order chi connectivity index (χ0) is 18.8. The van der Waals surface area contributed by atoms with Crippen LogP contribution < -0.4 is 17.0 Å². The van der Waals surface area contributed by atoms with Crippen LogP contribution in [0.2, 0.25) is 0 Å². The van der Waals surface area contributed by atoms with Crippen LogP contribution in [-0.2, 0) is 40.8 Å². The molecule has 0 spiro atoms. The summed E-state index contributed by atoms with van der Waals surface area (Å²) in [6, 6.07) is 6.04. The van der Waals surface area contributed by atoms with Gasteiger partial charge in [0, 0.05) is 19.2 Å². The molecule has 1 atom stereocenters. The van der Waals surface area contributed by atoms with Crippen LogP contribution in [0, 0.1) is 0 Å². The Morgan fingerprint density at radius 3 is 2.65 bits per heavy atom. The maximum atomic E-state index is 12.8. The fraction of sp³-hybridized carbons (Fsp3) is 0.389. The summed E-state index contributed by atoms with van der Waals surface area (Å²) in [6.45, 7) is 0.702. The predicted molar refractivity (Wildman–Crippen MR) is 94.3 cm³/mol. The van der Waals surface area contributed by atoms with E-state index in [-0.39, 0.29) is 12.2 Å². The predicted octanol–water partition coefficient (Wildman–Crippen LogP) is -0.348. The Morgan fingerprint density at radius 2 is 2.00 bits per heavy atom. The highest BCUT2D eigenvalue weighted by Crippen LogP contribution is 2.13. The van der Waals surface area contributed by atoms with Gasteiger partial charge in [0.2, 0.25) is 0 Å². The number of esters is 1. The smallest absolute Gasteiger partial charge is 0.335 e. The molecule has 0 bridgehead atoms. The summed E-state index contributed by atoms with van der Waals surface area (Å²) in [5.74, 6) is -0.492. The number of ether oxygens (including phenoxy) is 2. The lowest BCUT2D eigenvalue weighted by Gasteiger charge is -2.20. The molecule has 8 heteroatoms. The highest BCUT2D eigenvalue weighted by Gasteiger charge is 2.21. The first kappa shape index (κ1) is 18.1. The minimum atomic E-state index is -0.762. The van der Waals surface area contributed by atoms with Gasteiger partial charge in [-0.05, 0) is 24.1 Å². The highest BCUT2D eigenvalue weighted by molar-refractivity contribution is 5.75. The van der Waals surface area contributed by atoms with Gasteiger partial charge in [0.15, 0.2) is 0 Å². The number of nitrogens with two attached hydrogens (primary N) is 1. The molecule has 0 unspecified atom stereocenters. The van der Waals surface area contributed by atoms with Gasteiger partial charge in [0.1, 0.15) is 6.04 Å². The van der Waals surface area contributed by atoms with Gasteiger partial charge in [-0.25, -0.2) is 9.36 Å². The number of nitrogens with zero attached hydrogens (tertiary/aromatic N) is 2. The van der Waals surface area contributed by atoms with E-state index in [9.17, 15) is 14.4 Å². The van der Waals surface area contributed by atoms with Gasteiger partial charge >= 0.3 is 11.7 Å². The van der Waals surface area contributed by atoms with E-state index >= 15 is 0 Å². The quantitative estimate of drug-likeness (QED) is 0.748. The highest BCUT2D eigenvalue weighted by atomic mass is 16.5. The van der Waals surface area contributed by atoms with Gasteiger partial charge < -0.3 is 15.2 Å². The molecule has 0 amide bonds. The molecule has 2 heterocycles. The van der Waals surface area contributed by atoms with E-state index in [0.29, 0.717) is 30.7 Å². The lowest BCUT2D eigenvalue weighted by atomic mass is 10.1. The maximum Gasteiger partial charge on any atom is 0.335 e. The third-order valence-corrected chi connectivity index (χ3v) is 4.58. The third-order valence-electron chi connectivity index (χ3n) is 4.58. The Morgan fingerprint density at radius 1 is 1.31 bits per heavy atom. The number of methoxy groups -OCH3 is 1. The molecule has 3 rings (SSSR count). The molecular formula is C18H21N3O5. The summed E-state index contributed by atoms with van der Waals surface area (Å²) in [7, 11) is 2.94. The second-order valence-electron chi connectivity index (χ2n) is 6.21. The van der Waals surface area contributed by atoms with Crippen molar-refractivity contribution in [3.05, 3.63) is 61.9 Å². The molecule has 1 aromatic carbocycles. The Bertz CT molecular complexity index is 943. The number of hydrogen-bond acceptors (Lipinski definition) is 6. The summed E-state index contributed by atoms with van der Waals surface area (Å²) in [4.78, 5) is 36.8. The Hall–Kier alpha value is -2.71. The Kier molecular flexibility index (Phi) is 5.06. The second-order valence-corrected chi connectivity index (χ2v) is 6.21. The normalized spacial score (nSPS) is 14.6. The molecular weight excluding hydrogens is 338 g/mol. The van der Waals surface area contributed by atoms with Crippen molar-refractivity contribution in [3.8, 4) is 5.69 Å². The standard InChI is InChI=1S/C18H21N3O5/c1-20-15-7-8-26-10-13(15)16(22)21(18(20)24)12-5-3-11(4-6-12)9-14(19)17(23)25-2/h3-6,14H,7-10,19H2,1-2H3/t14-/m0/s1. The third kappa shape index (κ3) is 3.21. The van der Waals surface area contributed by atoms with Gasteiger partial charge in [-0.1, -0.05) is 12.1 Å². The van der Waals surface area contributed by atoms with E-state index in [4.69, 9.17) is 10.5 Å². The van der Waals surface area contributed by atoms with E-state index in [0.717, 1.165) is 15.8 Å². The minimum absolute atomic E-state index is 0.203. The van der Waals surface area contributed by atoms with E-state index in [1.807, 2.05) is 0 Å². The van der Waals surface area contributed by atoms with Crippen molar-refractivity contribution in [2.24, 2.45) is 12.8 Å². The zero-order valence-corrected chi connectivity index (χ0v) is 14.7. The molecule has 1 aliphatic heterocycles. The number of rotatable bonds is 4. The lowest BCUT2D eigenvalue weighted by molar-refractivity contribution is -0.142. The number of benzene rings is 1. The van der Waals surface area contributed by atoms with Crippen molar-refractivity contribution in [2.75, 3.05) is 13.7 Å². The first-order valence-corrected chi connectivity index (χ1v) is 8.28. The molecule has 138 valence electrons. The molecule has 26 heavy (non-hydrogen) atoms. The van der Waals surface area contributed by atoms with Crippen molar-refractivity contribution >= 4 is 5.97 Å². The summed E-state index contributed by atoms with van der Waals surface area (Å²) in [5.41, 5.74) is 7.50. The van der Waals surface area contributed by atoms with E-state index in [1.165, 1.54) is 11.7 Å². The summed E-state index contributed by atoms with van der Waals surface area (Å²) >= 11 is 0. The van der Waals surface area contributed by atoms with Crippen LogP contribution in [0.5, 0.6) is 0 Å². The average Bonchev–Trinajstić information content (AvgIpc) is 2.67. The maximum absolute atomic E-state index is 12.8. The van der Waals surface area contributed by atoms with Crippen molar-refractivity contribution in [2.45, 2.75) is 25.5 Å². The molecule has 2 N–H and O–H groups in total. The molecule has 0 aliphatic carbocycles. The number of hydrogen-bond donors (Lipinski definition) is 1. The molecule has 0 saturated carbocycles. The molecule has 8 nitrogen and oxygen atoms in total. The zero-order valence-electron chi connectivity index (χ0n) is 14.7. The summed E-state index contributed by atoms with van der Waals surface area (Å²) in [6.07, 6.45) is 0.847. The first-order valence-electron chi connectivity index (χ1n) is 8.28. The van der Waals surface area contributed by atoms with Crippen LogP contribution in [0.3, 0.4) is 0 Å². The topological polar surface area (TPSA) is 106 Å². The molecule has 0 radical (unpaired) electrons. The van der Waals surface area contributed by atoms with Gasteiger partial charge in [0.05, 0.1) is 31.6 Å². The summed E-state index contributed by atoms with van der Waals surface area (Å²) < 4.78 is 12.6. The minimum Gasteiger partial charge on any atom is -0.468 e. The van der Waals surface area contributed by atoms with Crippen LogP contribution in [-0.4, -0.2) is 34.9 Å². The second kappa shape index (κ2) is 7.27. The van der Waals surface area contributed by atoms with Crippen molar-refractivity contribution in [3.63, 3.8) is 0 Å². The first-order chi connectivity index (χ1) is 12.4. The van der Waals surface area contributed by atoms with Crippen LogP contribution in [0.25, 0.3) is 5.69 Å². The Balaban J connectivity index is 1.98. The van der Waals surface area contributed by atoms with Crippen LogP contribution in [0.15, 0.2) is 33.9 Å². The fourth-order valence-corrected chi connectivity index (χ4v) is 3.12. The van der Waals surface area contributed by atoms with Crippen LogP contribution in [0.1, 0.15) is 16.8 Å². The van der Waals surface area contributed by atoms with Crippen LogP contribution >= 0.6 is 0 Å². The Labute approximate surface area is 149 Å². The molecule has 0 fully saturated rings. The average molecular weight is 359 g/mol. The number of carbonyl (C=O) groups excluding carboxylic acids is 1. The van der Waals surface area contributed by atoms with Gasteiger partial charge in [-0.2, -0.15) is 0 Å². The van der Waals surface area contributed by atoms with Gasteiger partial charge in [-0.15, -0.1) is 0 Å². The van der Waals surface area contributed by atoms with Crippen molar-refractivity contribution in [1.29, 1.82) is 0 Å². The van der Waals surface area contributed by atoms with E-state index < -0.39 is 17.7 Å². The van der Waals surface area contributed by atoms with Gasteiger partial charge in [0.25, 0.3) is 5.56 Å². The van der Waals surface area contributed by atoms with Crippen molar-refractivity contribution < 1.29 is 14.3 Å².